The van der Waals surface area contributed by atoms with Crippen molar-refractivity contribution in [1.29, 1.82) is 0 Å². The summed E-state index contributed by atoms with van der Waals surface area (Å²) in [5.41, 5.74) is -1.20. The van der Waals surface area contributed by atoms with Crippen molar-refractivity contribution >= 4 is 28.9 Å². The Hall–Kier alpha value is -3.17. The molecule has 9 nitrogen and oxygen atoms in total. The first kappa shape index (κ1) is 22.6. The van der Waals surface area contributed by atoms with E-state index in [0.29, 0.717) is 42.3 Å². The van der Waals surface area contributed by atoms with Gasteiger partial charge in [-0.15, -0.1) is 0 Å². The van der Waals surface area contributed by atoms with E-state index in [1.54, 1.807) is 31.4 Å². The Morgan fingerprint density at radius 3 is 2.50 bits per heavy atom. The maximum atomic E-state index is 13.7. The van der Waals surface area contributed by atoms with Gasteiger partial charge in [-0.3, -0.25) is 9.36 Å². The lowest BCUT2D eigenvalue weighted by atomic mass is 9.67. The first-order valence-corrected chi connectivity index (χ1v) is 11.3. The predicted octanol–water partition coefficient (Wildman–Crippen LogP) is 3.80. The van der Waals surface area contributed by atoms with Gasteiger partial charge in [0.1, 0.15) is 11.4 Å². The van der Waals surface area contributed by atoms with E-state index in [4.69, 9.17) is 19.0 Å². The molecule has 1 aromatic carbocycles. The van der Waals surface area contributed by atoms with Crippen LogP contribution in [0.1, 0.15) is 56.1 Å². The minimum absolute atomic E-state index is 0.0392. The SMILES string of the molecule is COC(=O)[C@@]12C(OC(=O)OC(C)(C)C)=C[C@]3(CCC(=O)n4c3c1c1ccccc14)CCN2OC. The molecular formula is C25H28N2O7. The zero-order chi connectivity index (χ0) is 24.5. The number of allylic oxidation sites excluding steroid dienone is 1. The van der Waals surface area contributed by atoms with Gasteiger partial charge in [-0.05, 0) is 45.8 Å². The normalized spacial score (nSPS) is 26.0. The molecule has 2 aromatic rings. The number of methoxy groups -OCH3 is 1. The van der Waals surface area contributed by atoms with Gasteiger partial charge in [-0.25, -0.2) is 9.59 Å². The standard InChI is InChI=1S/C25H28N2O7/c1-23(2,3)34-22(30)33-17-14-24-11-10-18(28)27-16-9-7-6-8-15(16)19(20(24)27)25(17,21(29)31-4)26(32-5)13-12-24/h6-9,14H,10-13H2,1-5H3/t24-,25+/m0/s1. The molecule has 9 heteroatoms. The molecule has 0 radical (unpaired) electrons. The lowest BCUT2D eigenvalue weighted by molar-refractivity contribution is -0.216. The zero-order valence-electron chi connectivity index (χ0n) is 20.0. The molecule has 3 aliphatic heterocycles. The average Bonchev–Trinajstić information content (AvgIpc) is 3.01. The summed E-state index contributed by atoms with van der Waals surface area (Å²) in [5, 5.41) is 2.19. The number of esters is 1. The summed E-state index contributed by atoms with van der Waals surface area (Å²) in [4.78, 5) is 45.5. The molecule has 4 heterocycles. The molecule has 0 amide bonds. The molecule has 180 valence electrons. The van der Waals surface area contributed by atoms with Gasteiger partial charge in [-0.2, -0.15) is 5.06 Å². The van der Waals surface area contributed by atoms with Crippen molar-refractivity contribution in [2.24, 2.45) is 0 Å². The second-order valence-corrected chi connectivity index (χ2v) is 9.94. The average molecular weight is 469 g/mol. The maximum Gasteiger partial charge on any atom is 0.514 e. The van der Waals surface area contributed by atoms with Crippen LogP contribution in [0.15, 0.2) is 36.1 Å². The molecule has 2 atom stereocenters. The van der Waals surface area contributed by atoms with Crippen LogP contribution in [0.4, 0.5) is 4.79 Å². The van der Waals surface area contributed by atoms with Crippen LogP contribution < -0.4 is 0 Å². The van der Waals surface area contributed by atoms with Gasteiger partial charge in [-0.1, -0.05) is 18.2 Å². The van der Waals surface area contributed by atoms with Crippen molar-refractivity contribution in [1.82, 2.24) is 9.63 Å². The third-order valence-corrected chi connectivity index (χ3v) is 6.93. The zero-order valence-corrected chi connectivity index (χ0v) is 20.0. The Balaban J connectivity index is 1.86. The van der Waals surface area contributed by atoms with Crippen molar-refractivity contribution < 1.29 is 33.4 Å². The number of para-hydroxylation sites is 1. The molecule has 1 spiro atoms. The van der Waals surface area contributed by atoms with Gasteiger partial charge in [0.15, 0.2) is 0 Å². The van der Waals surface area contributed by atoms with E-state index in [1.165, 1.54) is 19.3 Å². The van der Waals surface area contributed by atoms with Gasteiger partial charge in [0.05, 0.1) is 19.7 Å². The van der Waals surface area contributed by atoms with Gasteiger partial charge in [0.2, 0.25) is 11.4 Å². The third kappa shape index (κ3) is 2.89. The van der Waals surface area contributed by atoms with Crippen molar-refractivity contribution in [2.45, 2.75) is 56.6 Å². The number of hydrogen-bond donors (Lipinski definition) is 0. The van der Waals surface area contributed by atoms with E-state index in [2.05, 4.69) is 0 Å². The fourth-order valence-corrected chi connectivity index (χ4v) is 5.69. The number of rotatable bonds is 3. The first-order chi connectivity index (χ1) is 16.1. The van der Waals surface area contributed by atoms with E-state index < -0.39 is 28.7 Å². The summed E-state index contributed by atoms with van der Waals surface area (Å²) in [6.07, 6.45) is 2.26. The summed E-state index contributed by atoms with van der Waals surface area (Å²) in [7, 11) is 2.74. The summed E-state index contributed by atoms with van der Waals surface area (Å²) in [6, 6.07) is 7.42. The molecule has 1 aromatic heterocycles. The molecule has 1 aliphatic carbocycles. The van der Waals surface area contributed by atoms with E-state index in [9.17, 15) is 14.4 Å². The highest BCUT2D eigenvalue weighted by Gasteiger charge is 2.65. The van der Waals surface area contributed by atoms with Gasteiger partial charge in [0, 0.05) is 35.0 Å². The highest BCUT2D eigenvalue weighted by molar-refractivity contribution is 6.03. The van der Waals surface area contributed by atoms with E-state index in [1.807, 2.05) is 24.3 Å². The van der Waals surface area contributed by atoms with Crippen molar-refractivity contribution in [3.05, 3.63) is 47.4 Å². The molecule has 4 aliphatic rings. The van der Waals surface area contributed by atoms with Crippen LogP contribution in [0.5, 0.6) is 0 Å². The Bertz CT molecular complexity index is 1250. The molecule has 0 saturated carbocycles. The molecule has 34 heavy (non-hydrogen) atoms. The van der Waals surface area contributed by atoms with E-state index >= 15 is 0 Å². The van der Waals surface area contributed by atoms with Crippen molar-refractivity contribution in [3.8, 4) is 0 Å². The molecule has 0 unspecified atom stereocenters. The number of aromatic nitrogens is 1. The number of benzene rings is 1. The molecular weight excluding hydrogens is 440 g/mol. The lowest BCUT2D eigenvalue weighted by Gasteiger charge is -2.43. The van der Waals surface area contributed by atoms with Crippen LogP contribution in [0.3, 0.4) is 0 Å². The number of ether oxygens (including phenoxy) is 3. The Morgan fingerprint density at radius 1 is 1.09 bits per heavy atom. The Morgan fingerprint density at radius 2 is 1.82 bits per heavy atom. The second kappa shape index (κ2) is 7.41. The highest BCUT2D eigenvalue weighted by Crippen LogP contribution is 2.58. The van der Waals surface area contributed by atoms with Crippen LogP contribution in [-0.2, 0) is 34.8 Å². The number of carbonyl (C=O) groups is 3. The molecule has 0 N–H and O–H groups in total. The quantitative estimate of drug-likeness (QED) is 0.628. The number of fused-ring (bicyclic) bond motifs is 4. The number of carbonyl (C=O) groups excluding carboxylic acids is 3. The van der Waals surface area contributed by atoms with Crippen molar-refractivity contribution in [2.75, 3.05) is 20.8 Å². The van der Waals surface area contributed by atoms with Gasteiger partial charge in [0.25, 0.3) is 0 Å². The third-order valence-electron chi connectivity index (χ3n) is 6.93. The van der Waals surface area contributed by atoms with Crippen LogP contribution in [0, 0.1) is 0 Å². The first-order valence-electron chi connectivity index (χ1n) is 11.3. The van der Waals surface area contributed by atoms with Crippen LogP contribution in [0.25, 0.3) is 10.9 Å². The highest BCUT2D eigenvalue weighted by atomic mass is 16.7. The summed E-state index contributed by atoms with van der Waals surface area (Å²) in [6.45, 7) is 5.55. The van der Waals surface area contributed by atoms with E-state index in [-0.39, 0.29) is 11.7 Å². The van der Waals surface area contributed by atoms with Gasteiger partial charge >= 0.3 is 12.1 Å². The predicted molar refractivity (Wildman–Crippen MR) is 121 cm³/mol. The fraction of sp³-hybridized carbons (Fsp3) is 0.480. The Labute approximate surface area is 197 Å². The minimum atomic E-state index is -1.74. The summed E-state index contributed by atoms with van der Waals surface area (Å²) < 4.78 is 18.3. The number of hydroxylamine groups is 2. The summed E-state index contributed by atoms with van der Waals surface area (Å²) >= 11 is 0. The lowest BCUT2D eigenvalue weighted by Crippen LogP contribution is -2.55. The second-order valence-electron chi connectivity index (χ2n) is 9.94. The molecule has 6 rings (SSSR count). The largest absolute Gasteiger partial charge is 0.514 e. The monoisotopic (exact) mass is 468 g/mol. The summed E-state index contributed by atoms with van der Waals surface area (Å²) in [5.74, 6) is -0.655. The van der Waals surface area contributed by atoms with Crippen molar-refractivity contribution in [3.63, 3.8) is 0 Å². The van der Waals surface area contributed by atoms with Crippen LogP contribution in [-0.4, -0.2) is 54.0 Å². The molecule has 0 fully saturated rings. The maximum absolute atomic E-state index is 13.7. The fourth-order valence-electron chi connectivity index (χ4n) is 5.69. The number of hydrogen-bond acceptors (Lipinski definition) is 8. The topological polar surface area (TPSA) is 96.3 Å². The number of nitrogens with zero attached hydrogens (tertiary/aromatic N) is 2. The van der Waals surface area contributed by atoms with Crippen LogP contribution >= 0.6 is 0 Å². The molecule has 2 bridgehead atoms. The van der Waals surface area contributed by atoms with Crippen LogP contribution in [0.2, 0.25) is 0 Å². The Kier molecular flexibility index (Phi) is 4.93. The minimum Gasteiger partial charge on any atom is -0.467 e. The van der Waals surface area contributed by atoms with E-state index in [0.717, 1.165) is 5.69 Å². The smallest absolute Gasteiger partial charge is 0.467 e. The molecule has 0 saturated heterocycles. The van der Waals surface area contributed by atoms with Gasteiger partial charge < -0.3 is 19.0 Å².